The van der Waals surface area contributed by atoms with E-state index in [1.165, 1.54) is 6.07 Å². The average Bonchev–Trinajstić information content (AvgIpc) is 2.86. The lowest BCUT2D eigenvalue weighted by Gasteiger charge is -2.16. The summed E-state index contributed by atoms with van der Waals surface area (Å²) in [5.74, 6) is -0.549. The fraction of sp³-hybridized carbons (Fsp3) is 0.538. The van der Waals surface area contributed by atoms with Crippen molar-refractivity contribution in [2.24, 2.45) is 0 Å². The third-order valence-electron chi connectivity index (χ3n) is 3.01. The highest BCUT2D eigenvalue weighted by atomic mass is 19.1. The molecule has 1 aliphatic heterocycles. The zero-order chi connectivity index (χ0) is 13.8. The first-order chi connectivity index (χ1) is 9.11. The Balaban J connectivity index is 2.30. The predicted molar refractivity (Wildman–Crippen MR) is 66.9 cm³/mol. The van der Waals surface area contributed by atoms with Gasteiger partial charge in [0.1, 0.15) is 6.10 Å². The molecule has 104 valence electrons. The van der Waals surface area contributed by atoms with Crippen molar-refractivity contribution in [3.8, 4) is 5.75 Å². The van der Waals surface area contributed by atoms with Crippen LogP contribution < -0.4 is 4.74 Å². The quantitative estimate of drug-likeness (QED) is 0.609. The molecule has 0 spiro atoms. The SMILES string of the molecule is CCCc1cc([N+](=O)[O-])cc(F)c1O[C@@H]1CCOC1. The Hall–Kier alpha value is -1.69. The van der Waals surface area contributed by atoms with E-state index < -0.39 is 10.7 Å². The van der Waals surface area contributed by atoms with Crippen molar-refractivity contribution in [1.29, 1.82) is 0 Å². The molecule has 0 aliphatic carbocycles. The molecular weight excluding hydrogens is 253 g/mol. The minimum absolute atomic E-state index is 0.128. The number of rotatable bonds is 5. The Morgan fingerprint density at radius 3 is 2.95 bits per heavy atom. The molecule has 0 aromatic heterocycles. The molecule has 0 bridgehead atoms. The van der Waals surface area contributed by atoms with Crippen molar-refractivity contribution in [2.75, 3.05) is 13.2 Å². The number of non-ortho nitro benzene ring substituents is 1. The van der Waals surface area contributed by atoms with Crippen molar-refractivity contribution in [1.82, 2.24) is 0 Å². The molecule has 5 nitrogen and oxygen atoms in total. The molecule has 0 saturated carbocycles. The Kier molecular flexibility index (Phi) is 4.31. The summed E-state index contributed by atoms with van der Waals surface area (Å²) in [7, 11) is 0. The van der Waals surface area contributed by atoms with Gasteiger partial charge in [-0.15, -0.1) is 0 Å². The van der Waals surface area contributed by atoms with Crippen molar-refractivity contribution in [3.63, 3.8) is 0 Å². The van der Waals surface area contributed by atoms with Crippen LogP contribution in [0.2, 0.25) is 0 Å². The van der Waals surface area contributed by atoms with E-state index in [4.69, 9.17) is 9.47 Å². The maximum Gasteiger partial charge on any atom is 0.272 e. The van der Waals surface area contributed by atoms with Crippen LogP contribution in [0, 0.1) is 15.9 Å². The zero-order valence-corrected chi connectivity index (χ0v) is 10.7. The zero-order valence-electron chi connectivity index (χ0n) is 10.7. The number of hydrogen-bond acceptors (Lipinski definition) is 4. The van der Waals surface area contributed by atoms with Crippen molar-refractivity contribution < 1.29 is 18.8 Å². The second-order valence-electron chi connectivity index (χ2n) is 4.53. The third-order valence-corrected chi connectivity index (χ3v) is 3.01. The van der Waals surface area contributed by atoms with Gasteiger partial charge in [0.15, 0.2) is 11.6 Å². The number of nitrogens with zero attached hydrogens (tertiary/aromatic N) is 1. The molecule has 0 unspecified atom stereocenters. The van der Waals surface area contributed by atoms with Crippen LogP contribution >= 0.6 is 0 Å². The van der Waals surface area contributed by atoms with Crippen LogP contribution in [0.4, 0.5) is 10.1 Å². The first kappa shape index (κ1) is 13.7. The molecule has 2 rings (SSSR count). The van der Waals surface area contributed by atoms with Gasteiger partial charge in [-0.2, -0.15) is 0 Å². The van der Waals surface area contributed by atoms with Gasteiger partial charge in [0.05, 0.1) is 24.2 Å². The molecule has 0 N–H and O–H groups in total. The van der Waals surface area contributed by atoms with Gasteiger partial charge in [-0.05, 0) is 6.42 Å². The summed E-state index contributed by atoms with van der Waals surface area (Å²) in [6.45, 7) is 2.96. The average molecular weight is 269 g/mol. The lowest BCUT2D eigenvalue weighted by molar-refractivity contribution is -0.385. The van der Waals surface area contributed by atoms with Gasteiger partial charge in [-0.1, -0.05) is 13.3 Å². The Labute approximate surface area is 110 Å². The molecular formula is C13H16FNO4. The molecule has 19 heavy (non-hydrogen) atoms. The number of hydrogen-bond donors (Lipinski definition) is 0. The number of halogens is 1. The standard InChI is InChI=1S/C13H16FNO4/c1-2-3-9-6-10(15(16)17)7-12(14)13(9)19-11-4-5-18-8-11/h6-7,11H,2-5,8H2,1H3/t11-/m1/s1. The van der Waals surface area contributed by atoms with E-state index in [0.29, 0.717) is 31.6 Å². The van der Waals surface area contributed by atoms with Crippen LogP contribution in [0.3, 0.4) is 0 Å². The highest BCUT2D eigenvalue weighted by Gasteiger charge is 2.23. The highest BCUT2D eigenvalue weighted by molar-refractivity contribution is 5.45. The summed E-state index contributed by atoms with van der Waals surface area (Å²) in [6.07, 6.45) is 1.84. The molecule has 1 fully saturated rings. The highest BCUT2D eigenvalue weighted by Crippen LogP contribution is 2.31. The van der Waals surface area contributed by atoms with Crippen molar-refractivity contribution >= 4 is 5.69 Å². The fourth-order valence-electron chi connectivity index (χ4n) is 2.10. The van der Waals surface area contributed by atoms with E-state index in [1.54, 1.807) is 0 Å². The summed E-state index contributed by atoms with van der Waals surface area (Å²) >= 11 is 0. The van der Waals surface area contributed by atoms with Gasteiger partial charge >= 0.3 is 0 Å². The summed E-state index contributed by atoms with van der Waals surface area (Å²) < 4.78 is 24.8. The normalized spacial score (nSPS) is 18.5. The fourth-order valence-corrected chi connectivity index (χ4v) is 2.10. The molecule has 6 heteroatoms. The minimum Gasteiger partial charge on any atom is -0.485 e. The number of benzene rings is 1. The molecule has 1 aromatic rings. The van der Waals surface area contributed by atoms with Crippen LogP contribution in [0.15, 0.2) is 12.1 Å². The van der Waals surface area contributed by atoms with E-state index in [2.05, 4.69) is 0 Å². The van der Waals surface area contributed by atoms with Crippen LogP contribution in [-0.2, 0) is 11.2 Å². The predicted octanol–water partition coefficient (Wildman–Crippen LogP) is 2.85. The Morgan fingerprint density at radius 2 is 2.37 bits per heavy atom. The maximum absolute atomic E-state index is 14.0. The van der Waals surface area contributed by atoms with E-state index in [-0.39, 0.29) is 17.5 Å². The van der Waals surface area contributed by atoms with E-state index in [9.17, 15) is 14.5 Å². The number of aryl methyl sites for hydroxylation is 1. The first-order valence-corrected chi connectivity index (χ1v) is 6.33. The van der Waals surface area contributed by atoms with Crippen molar-refractivity contribution in [2.45, 2.75) is 32.3 Å². The number of ether oxygens (including phenoxy) is 2. The summed E-state index contributed by atoms with van der Waals surface area (Å²) in [5, 5.41) is 10.7. The van der Waals surface area contributed by atoms with E-state index >= 15 is 0 Å². The molecule has 1 saturated heterocycles. The molecule has 1 atom stereocenters. The molecule has 0 amide bonds. The van der Waals surface area contributed by atoms with Gasteiger partial charge in [0, 0.05) is 18.1 Å². The number of nitro benzene ring substituents is 1. The summed E-state index contributed by atoms with van der Waals surface area (Å²) in [6, 6.07) is 2.29. The maximum atomic E-state index is 14.0. The third kappa shape index (κ3) is 3.20. The summed E-state index contributed by atoms with van der Waals surface area (Å²) in [4.78, 5) is 10.2. The smallest absolute Gasteiger partial charge is 0.272 e. The second kappa shape index (κ2) is 5.97. The van der Waals surface area contributed by atoms with Gasteiger partial charge in [-0.3, -0.25) is 10.1 Å². The molecule has 0 radical (unpaired) electrons. The largest absolute Gasteiger partial charge is 0.485 e. The topological polar surface area (TPSA) is 61.6 Å². The van der Waals surface area contributed by atoms with Crippen molar-refractivity contribution in [3.05, 3.63) is 33.6 Å². The van der Waals surface area contributed by atoms with E-state index in [1.807, 2.05) is 6.92 Å². The van der Waals surface area contributed by atoms with Crippen LogP contribution in [0.25, 0.3) is 0 Å². The molecule has 1 aromatic carbocycles. The van der Waals surface area contributed by atoms with Crippen LogP contribution in [0.5, 0.6) is 5.75 Å². The van der Waals surface area contributed by atoms with Gasteiger partial charge in [0.25, 0.3) is 5.69 Å². The van der Waals surface area contributed by atoms with Gasteiger partial charge < -0.3 is 9.47 Å². The molecule has 1 aliphatic rings. The number of nitro groups is 1. The monoisotopic (exact) mass is 269 g/mol. The van der Waals surface area contributed by atoms with Crippen LogP contribution in [-0.4, -0.2) is 24.2 Å². The van der Waals surface area contributed by atoms with Gasteiger partial charge in [0.2, 0.25) is 0 Å². The lowest BCUT2D eigenvalue weighted by atomic mass is 10.1. The second-order valence-corrected chi connectivity index (χ2v) is 4.53. The Bertz CT molecular complexity index is 472. The summed E-state index contributed by atoms with van der Waals surface area (Å²) in [5.41, 5.74) is 0.303. The molecule has 1 heterocycles. The van der Waals surface area contributed by atoms with Gasteiger partial charge in [-0.25, -0.2) is 4.39 Å². The van der Waals surface area contributed by atoms with Crippen LogP contribution in [0.1, 0.15) is 25.3 Å². The first-order valence-electron chi connectivity index (χ1n) is 6.33. The van der Waals surface area contributed by atoms with E-state index in [0.717, 1.165) is 12.5 Å². The minimum atomic E-state index is -0.676. The Morgan fingerprint density at radius 1 is 1.58 bits per heavy atom. The lowest BCUT2D eigenvalue weighted by Crippen LogP contribution is -2.17.